The molecule has 152 valence electrons. The second-order valence-electron chi connectivity index (χ2n) is 6.20. The topological polar surface area (TPSA) is 57.1 Å². The minimum absolute atomic E-state index is 0.187. The molecule has 8 heteroatoms. The number of esters is 1. The molecule has 3 rings (SSSR count). The quantitative estimate of drug-likeness (QED) is 0.166. The molecule has 5 nitrogen and oxygen atoms in total. The van der Waals surface area contributed by atoms with Crippen LogP contribution in [0.5, 0.6) is 11.5 Å². The Morgan fingerprint density at radius 2 is 2.10 bits per heavy atom. The molecule has 1 aliphatic rings. The first kappa shape index (κ1) is 22.1. The lowest BCUT2D eigenvalue weighted by atomic mass is 10.1. The summed E-state index contributed by atoms with van der Waals surface area (Å²) in [5.41, 5.74) is 1.56. The van der Waals surface area contributed by atoms with Crippen molar-refractivity contribution < 1.29 is 19.0 Å². The van der Waals surface area contributed by atoms with Crippen LogP contribution in [0.1, 0.15) is 30.9 Å². The minimum Gasteiger partial charge on any atom is -0.493 e. The van der Waals surface area contributed by atoms with E-state index < -0.39 is 5.97 Å². The van der Waals surface area contributed by atoms with E-state index in [2.05, 4.69) is 50.4 Å². The van der Waals surface area contributed by atoms with Crippen molar-refractivity contribution >= 4 is 68.1 Å². The Kier molecular flexibility index (Phi) is 7.59. The highest BCUT2D eigenvalue weighted by molar-refractivity contribution is 14.1. The van der Waals surface area contributed by atoms with Gasteiger partial charge in [0.15, 0.2) is 17.2 Å². The monoisotopic (exact) mass is 589 g/mol. The van der Waals surface area contributed by atoms with Crippen LogP contribution in [0, 0.1) is 3.57 Å². The van der Waals surface area contributed by atoms with Gasteiger partial charge in [-0.3, -0.25) is 0 Å². The first-order valence-corrected chi connectivity index (χ1v) is 11.2. The van der Waals surface area contributed by atoms with E-state index in [0.29, 0.717) is 34.3 Å². The number of ether oxygens (including phenoxy) is 3. The van der Waals surface area contributed by atoms with Crippen molar-refractivity contribution in [2.24, 2.45) is 4.99 Å². The first-order valence-electron chi connectivity index (χ1n) is 8.91. The highest BCUT2D eigenvalue weighted by Crippen LogP contribution is 2.37. The van der Waals surface area contributed by atoms with E-state index in [1.54, 1.807) is 25.3 Å². The summed E-state index contributed by atoms with van der Waals surface area (Å²) in [4.78, 5) is 16.6. The zero-order valence-corrected chi connectivity index (χ0v) is 20.3. The second-order valence-corrected chi connectivity index (χ2v) is 8.62. The van der Waals surface area contributed by atoms with Crippen LogP contribution in [0.2, 0.25) is 5.02 Å². The molecular weight excluding hydrogens is 572 g/mol. The standard InChI is InChI=1S/C21H18BrClINO4/c1-3-4-7-28-19-15(23)8-12(10-18(19)27-2)9-17-21(26)29-20(25-17)13-5-6-16(24)14(22)11-13/h5-6,8-11H,3-4,7H2,1-2H3/b17-9-. The molecule has 0 unspecified atom stereocenters. The smallest absolute Gasteiger partial charge is 0.363 e. The number of benzene rings is 2. The van der Waals surface area contributed by atoms with Crippen LogP contribution in [0.15, 0.2) is 45.5 Å². The van der Waals surface area contributed by atoms with Crippen molar-refractivity contribution in [3.8, 4) is 11.5 Å². The second kappa shape index (κ2) is 9.95. The fraction of sp³-hybridized carbons (Fsp3) is 0.238. The van der Waals surface area contributed by atoms with Gasteiger partial charge in [-0.25, -0.2) is 9.79 Å². The number of hydrogen-bond donors (Lipinski definition) is 0. The molecule has 2 aromatic rings. The minimum atomic E-state index is -0.520. The van der Waals surface area contributed by atoms with Crippen LogP contribution in [-0.2, 0) is 9.53 Å². The highest BCUT2D eigenvalue weighted by atomic mass is 127. The molecule has 0 saturated heterocycles. The Balaban J connectivity index is 1.90. The average molecular weight is 591 g/mol. The third kappa shape index (κ3) is 5.32. The molecule has 0 N–H and O–H groups in total. The van der Waals surface area contributed by atoms with Crippen LogP contribution in [0.3, 0.4) is 0 Å². The number of hydrogen-bond acceptors (Lipinski definition) is 5. The van der Waals surface area contributed by atoms with Gasteiger partial charge in [0, 0.05) is 13.6 Å². The molecule has 0 aromatic heterocycles. The van der Waals surface area contributed by atoms with Gasteiger partial charge in [-0.05, 0) is 86.9 Å². The number of nitrogens with zero attached hydrogens (tertiary/aromatic N) is 1. The molecule has 0 atom stereocenters. The summed E-state index contributed by atoms with van der Waals surface area (Å²) < 4.78 is 18.4. The van der Waals surface area contributed by atoms with E-state index in [0.717, 1.165) is 20.9 Å². The number of carbonyl (C=O) groups excluding carboxylic acids is 1. The molecule has 0 aliphatic carbocycles. The number of methoxy groups -OCH3 is 1. The van der Waals surface area contributed by atoms with Crippen LogP contribution < -0.4 is 9.47 Å². The molecular formula is C21H18BrClINO4. The number of halogens is 3. The fourth-order valence-electron chi connectivity index (χ4n) is 2.60. The third-order valence-electron chi connectivity index (χ3n) is 4.09. The van der Waals surface area contributed by atoms with Crippen LogP contribution in [-0.4, -0.2) is 25.6 Å². The van der Waals surface area contributed by atoms with Crippen molar-refractivity contribution in [1.82, 2.24) is 0 Å². The van der Waals surface area contributed by atoms with Crippen LogP contribution in [0.4, 0.5) is 0 Å². The van der Waals surface area contributed by atoms with Crippen molar-refractivity contribution in [3.05, 3.63) is 60.2 Å². The lowest BCUT2D eigenvalue weighted by Gasteiger charge is -2.13. The molecule has 2 aromatic carbocycles. The number of rotatable bonds is 7. The molecule has 0 bridgehead atoms. The summed E-state index contributed by atoms with van der Waals surface area (Å²) in [6.45, 7) is 2.64. The van der Waals surface area contributed by atoms with Gasteiger partial charge < -0.3 is 14.2 Å². The Morgan fingerprint density at radius 3 is 2.79 bits per heavy atom. The first-order chi connectivity index (χ1) is 13.9. The van der Waals surface area contributed by atoms with Gasteiger partial charge in [0.1, 0.15) is 0 Å². The lowest BCUT2D eigenvalue weighted by molar-refractivity contribution is -0.129. The predicted octanol–water partition coefficient (Wildman–Crippen LogP) is 6.24. The third-order valence-corrected chi connectivity index (χ3v) is 6.71. The number of carbonyl (C=O) groups is 1. The molecule has 0 radical (unpaired) electrons. The number of cyclic esters (lactones) is 1. The molecule has 1 heterocycles. The van der Waals surface area contributed by atoms with Gasteiger partial charge in [-0.15, -0.1) is 0 Å². The van der Waals surface area contributed by atoms with Gasteiger partial charge in [0.05, 0.1) is 18.7 Å². The summed E-state index contributed by atoms with van der Waals surface area (Å²) >= 11 is 12.1. The van der Waals surface area contributed by atoms with E-state index >= 15 is 0 Å². The van der Waals surface area contributed by atoms with Crippen molar-refractivity contribution in [2.75, 3.05) is 13.7 Å². The zero-order chi connectivity index (χ0) is 21.0. The van der Waals surface area contributed by atoms with E-state index in [4.69, 9.17) is 25.8 Å². The van der Waals surface area contributed by atoms with Crippen molar-refractivity contribution in [3.63, 3.8) is 0 Å². The molecule has 29 heavy (non-hydrogen) atoms. The van der Waals surface area contributed by atoms with Gasteiger partial charge in [-0.1, -0.05) is 24.9 Å². The van der Waals surface area contributed by atoms with Crippen LogP contribution >= 0.6 is 50.1 Å². The van der Waals surface area contributed by atoms with Crippen molar-refractivity contribution in [1.29, 1.82) is 0 Å². The van der Waals surface area contributed by atoms with Gasteiger partial charge in [0.2, 0.25) is 5.90 Å². The Labute approximate surface area is 196 Å². The molecule has 0 amide bonds. The Morgan fingerprint density at radius 1 is 1.31 bits per heavy atom. The molecule has 0 fully saturated rings. The fourth-order valence-corrected chi connectivity index (χ4v) is 3.59. The van der Waals surface area contributed by atoms with Gasteiger partial charge >= 0.3 is 5.97 Å². The van der Waals surface area contributed by atoms with Crippen molar-refractivity contribution in [2.45, 2.75) is 19.8 Å². The molecule has 0 spiro atoms. The maximum atomic E-state index is 12.3. The summed E-state index contributed by atoms with van der Waals surface area (Å²) in [6.07, 6.45) is 3.55. The summed E-state index contributed by atoms with van der Waals surface area (Å²) in [5.74, 6) is 0.730. The number of aliphatic imine (C=N–C) groups is 1. The summed E-state index contributed by atoms with van der Waals surface area (Å²) in [6, 6.07) is 9.09. The van der Waals surface area contributed by atoms with E-state index in [1.165, 1.54) is 0 Å². The normalized spacial score (nSPS) is 14.7. The Bertz CT molecular complexity index is 1010. The van der Waals surface area contributed by atoms with E-state index in [-0.39, 0.29) is 11.6 Å². The van der Waals surface area contributed by atoms with E-state index in [9.17, 15) is 4.79 Å². The lowest BCUT2D eigenvalue weighted by Crippen LogP contribution is -2.05. The van der Waals surface area contributed by atoms with Gasteiger partial charge in [0.25, 0.3) is 0 Å². The van der Waals surface area contributed by atoms with E-state index in [1.807, 2.05) is 18.2 Å². The highest BCUT2D eigenvalue weighted by Gasteiger charge is 2.25. The number of unbranched alkanes of at least 4 members (excludes halogenated alkanes) is 1. The molecule has 1 aliphatic heterocycles. The largest absolute Gasteiger partial charge is 0.493 e. The summed E-state index contributed by atoms with van der Waals surface area (Å²) in [7, 11) is 1.55. The maximum Gasteiger partial charge on any atom is 0.363 e. The zero-order valence-electron chi connectivity index (χ0n) is 15.8. The SMILES string of the molecule is CCCCOc1c(Cl)cc(/C=C2\N=C(c3ccc(I)c(Br)c3)OC2=O)cc1OC. The predicted molar refractivity (Wildman–Crippen MR) is 126 cm³/mol. The maximum absolute atomic E-state index is 12.3. The summed E-state index contributed by atoms with van der Waals surface area (Å²) in [5, 5.41) is 0.407. The van der Waals surface area contributed by atoms with Gasteiger partial charge in [-0.2, -0.15) is 0 Å². The van der Waals surface area contributed by atoms with Crippen LogP contribution in [0.25, 0.3) is 6.08 Å². The molecule has 0 saturated carbocycles. The Hall–Kier alpha value is -1.58. The average Bonchev–Trinajstić information content (AvgIpc) is 3.05.